The van der Waals surface area contributed by atoms with Gasteiger partial charge in [-0.05, 0) is 6.92 Å². The van der Waals surface area contributed by atoms with Crippen molar-refractivity contribution in [3.8, 4) is 0 Å². The molecule has 0 fully saturated rings. The second kappa shape index (κ2) is 23.4. The summed E-state index contributed by atoms with van der Waals surface area (Å²) in [5.74, 6) is -3.33. The van der Waals surface area contributed by atoms with Crippen LogP contribution in [0, 0.1) is 0 Å². The maximum absolute atomic E-state index is 12.2. The molecule has 0 rings (SSSR count). The van der Waals surface area contributed by atoms with Crippen molar-refractivity contribution in [2.75, 3.05) is 0 Å². The van der Waals surface area contributed by atoms with E-state index in [1.807, 2.05) is 0 Å². The highest BCUT2D eigenvalue weighted by molar-refractivity contribution is 5.63. The Labute approximate surface area is 154 Å². The lowest BCUT2D eigenvalue weighted by Gasteiger charge is -2.19. The number of aliphatic carboxylic acids is 4. The fourth-order valence-corrected chi connectivity index (χ4v) is 0.554. The zero-order valence-corrected chi connectivity index (χ0v) is 15.4. The van der Waals surface area contributed by atoms with Crippen molar-refractivity contribution in [3.63, 3.8) is 0 Å². The van der Waals surface area contributed by atoms with E-state index in [1.165, 1.54) is 6.92 Å². The van der Waals surface area contributed by atoms with Gasteiger partial charge in [-0.3, -0.25) is 19.2 Å². The van der Waals surface area contributed by atoms with Crippen molar-refractivity contribution in [1.29, 1.82) is 0 Å². The van der Waals surface area contributed by atoms with Gasteiger partial charge in [0.05, 0.1) is 6.10 Å². The van der Waals surface area contributed by atoms with E-state index in [2.05, 4.69) is 0 Å². The van der Waals surface area contributed by atoms with Crippen molar-refractivity contribution < 1.29 is 64.1 Å². The summed E-state index contributed by atoms with van der Waals surface area (Å²) in [6.45, 7) is 5.52. The van der Waals surface area contributed by atoms with Crippen molar-refractivity contribution in [3.05, 3.63) is 0 Å². The van der Waals surface area contributed by atoms with Gasteiger partial charge in [-0.2, -0.15) is 0 Å². The van der Waals surface area contributed by atoms with Gasteiger partial charge < -0.3 is 40.5 Å². The number of rotatable bonds is 4. The van der Waals surface area contributed by atoms with E-state index in [0.29, 0.717) is 0 Å². The number of aldehydes is 1. The lowest BCUT2D eigenvalue weighted by Crippen LogP contribution is -2.42. The Bertz CT molecular complexity index is 360. The molecular weight excluding hydrogens is 379 g/mol. The molecule has 162 valence electrons. The van der Waals surface area contributed by atoms with E-state index in [0.717, 1.165) is 27.7 Å². The predicted molar refractivity (Wildman–Crippen MR) is 87.9 cm³/mol. The molecule has 0 aliphatic carbocycles. The van der Waals surface area contributed by atoms with Crippen LogP contribution in [0.3, 0.4) is 0 Å². The number of carbonyl (C=O) groups is 5. The summed E-state index contributed by atoms with van der Waals surface area (Å²) in [6.07, 6.45) is -7.03. The number of halogens is 1. The zero-order chi connectivity index (χ0) is 23.3. The molecule has 13 heteroatoms. The number of alkyl halides is 1. The maximum Gasteiger partial charge on any atom is 0.300 e. The van der Waals surface area contributed by atoms with Crippen LogP contribution in [0.4, 0.5) is 4.39 Å². The number of carboxylic acid groups (broad SMARTS) is 4. The smallest absolute Gasteiger partial charge is 0.300 e. The van der Waals surface area contributed by atoms with Crippen LogP contribution in [0.5, 0.6) is 0 Å². The first-order chi connectivity index (χ1) is 11.9. The summed E-state index contributed by atoms with van der Waals surface area (Å²) >= 11 is 0. The Morgan fingerprint density at radius 2 is 0.889 bits per heavy atom. The first-order valence-corrected chi connectivity index (χ1v) is 6.85. The van der Waals surface area contributed by atoms with Gasteiger partial charge in [0.25, 0.3) is 23.9 Å². The fourth-order valence-electron chi connectivity index (χ4n) is 0.554. The topological polar surface area (TPSA) is 227 Å². The molecule has 0 spiro atoms. The van der Waals surface area contributed by atoms with E-state index >= 15 is 0 Å². The predicted octanol–water partition coefficient (Wildman–Crippen LogP) is -1.01. The maximum atomic E-state index is 12.2. The number of aliphatic hydroxyl groups excluding tert-OH is 3. The molecule has 0 heterocycles. The van der Waals surface area contributed by atoms with Crippen LogP contribution in [-0.2, 0) is 24.0 Å². The van der Waals surface area contributed by atoms with Crippen LogP contribution >= 0.6 is 0 Å². The lowest BCUT2D eigenvalue weighted by molar-refractivity contribution is -0.135. The monoisotopic (exact) mass is 406 g/mol. The zero-order valence-electron chi connectivity index (χ0n) is 15.4. The lowest BCUT2D eigenvalue weighted by atomic mass is 10.1. The van der Waals surface area contributed by atoms with Gasteiger partial charge >= 0.3 is 0 Å². The van der Waals surface area contributed by atoms with Gasteiger partial charge in [0, 0.05) is 27.7 Å². The molecule has 0 aromatic heterocycles. The Morgan fingerprint density at radius 3 is 1.00 bits per heavy atom. The van der Waals surface area contributed by atoms with Crippen LogP contribution in [-0.4, -0.2) is 90.4 Å². The van der Waals surface area contributed by atoms with Crippen LogP contribution in [0.25, 0.3) is 0 Å². The molecular formula is C14H27FO12. The number of carbonyl (C=O) groups excluding carboxylic acids is 1. The van der Waals surface area contributed by atoms with Crippen molar-refractivity contribution in [1.82, 2.24) is 0 Å². The van der Waals surface area contributed by atoms with Crippen molar-refractivity contribution >= 4 is 30.2 Å². The van der Waals surface area contributed by atoms with Crippen LogP contribution in [0.2, 0.25) is 0 Å². The summed E-state index contributed by atoms with van der Waals surface area (Å²) in [5, 5.41) is 55.8. The van der Waals surface area contributed by atoms with E-state index in [4.69, 9.17) is 54.9 Å². The minimum atomic E-state index is -2.15. The summed E-state index contributed by atoms with van der Waals surface area (Å²) in [4.78, 5) is 45.7. The molecule has 0 unspecified atom stereocenters. The van der Waals surface area contributed by atoms with Crippen molar-refractivity contribution in [2.24, 2.45) is 0 Å². The Hall–Kier alpha value is -2.64. The molecule has 12 nitrogen and oxygen atoms in total. The number of aliphatic hydroxyl groups is 3. The van der Waals surface area contributed by atoms with E-state index in [9.17, 15) is 9.18 Å². The molecule has 0 saturated carbocycles. The van der Waals surface area contributed by atoms with E-state index in [1.54, 1.807) is 0 Å². The number of hydrogen-bond acceptors (Lipinski definition) is 8. The fraction of sp³-hybridized carbons (Fsp3) is 0.643. The summed E-state index contributed by atoms with van der Waals surface area (Å²) in [6, 6.07) is 0. The number of hydrogen-bond donors (Lipinski definition) is 7. The third kappa shape index (κ3) is 82.6. The highest BCUT2D eigenvalue weighted by Gasteiger charge is 2.28. The second-order valence-electron chi connectivity index (χ2n) is 4.38. The minimum absolute atomic E-state index is 0.129. The standard InChI is InChI=1S/C6H11FO4.4C2H4O2/c1-3(9)5(10)6(11)4(7)2-8;4*1-2(3)4/h2-6,9-11H,1H3;4*1H3,(H,3,4)/t3-,4+,5+,6-;;;;/m1..../s1. The molecule has 0 radical (unpaired) electrons. The van der Waals surface area contributed by atoms with Crippen LogP contribution in [0.1, 0.15) is 34.6 Å². The molecule has 4 atom stereocenters. The molecule has 0 aromatic rings. The molecule has 0 saturated heterocycles. The average molecular weight is 406 g/mol. The van der Waals surface area contributed by atoms with Gasteiger partial charge in [-0.15, -0.1) is 0 Å². The van der Waals surface area contributed by atoms with E-state index in [-0.39, 0.29) is 6.29 Å². The molecule has 0 bridgehead atoms. The first-order valence-electron chi connectivity index (χ1n) is 6.85. The van der Waals surface area contributed by atoms with E-state index < -0.39 is 48.4 Å². The molecule has 0 aliphatic rings. The van der Waals surface area contributed by atoms with Gasteiger partial charge in [-0.1, -0.05) is 0 Å². The highest BCUT2D eigenvalue weighted by atomic mass is 19.1. The van der Waals surface area contributed by atoms with Crippen LogP contribution < -0.4 is 0 Å². The largest absolute Gasteiger partial charge is 0.481 e. The summed E-state index contributed by atoms with van der Waals surface area (Å²) in [5.41, 5.74) is 0. The Kier molecular flexibility index (Phi) is 30.7. The molecule has 0 amide bonds. The molecule has 0 aliphatic heterocycles. The third-order valence-electron chi connectivity index (χ3n) is 1.30. The van der Waals surface area contributed by atoms with Gasteiger partial charge in [0.1, 0.15) is 12.2 Å². The van der Waals surface area contributed by atoms with Gasteiger partial charge in [0.2, 0.25) is 0 Å². The quantitative estimate of drug-likeness (QED) is 0.279. The molecule has 7 N–H and O–H groups in total. The summed E-state index contributed by atoms with van der Waals surface area (Å²) < 4.78 is 12.2. The normalized spacial score (nSPS) is 12.6. The Morgan fingerprint density at radius 1 is 0.704 bits per heavy atom. The van der Waals surface area contributed by atoms with Crippen molar-refractivity contribution in [2.45, 2.75) is 59.1 Å². The third-order valence-corrected chi connectivity index (χ3v) is 1.30. The van der Waals surface area contributed by atoms with Gasteiger partial charge in [0.15, 0.2) is 12.5 Å². The second-order valence-corrected chi connectivity index (χ2v) is 4.38. The SMILES string of the molecule is CC(=O)O.CC(=O)O.CC(=O)O.CC(=O)O.C[C@@H](O)[C@H](O)[C@H](O)[C@@H](F)C=O. The molecule has 27 heavy (non-hydrogen) atoms. The first kappa shape index (κ1) is 35.5. The summed E-state index contributed by atoms with van der Waals surface area (Å²) in [7, 11) is 0. The van der Waals surface area contributed by atoms with Gasteiger partial charge in [-0.25, -0.2) is 4.39 Å². The Balaban J connectivity index is -0.0000000841. The average Bonchev–Trinajstić information content (AvgIpc) is 2.42. The minimum Gasteiger partial charge on any atom is -0.481 e. The van der Waals surface area contributed by atoms with Crippen LogP contribution in [0.15, 0.2) is 0 Å². The molecule has 0 aromatic carbocycles. The number of carboxylic acids is 4. The highest BCUT2D eigenvalue weighted by Crippen LogP contribution is 2.05.